The van der Waals surface area contributed by atoms with Crippen molar-refractivity contribution in [1.82, 2.24) is 14.9 Å². The summed E-state index contributed by atoms with van der Waals surface area (Å²) in [6, 6.07) is 10.9. The van der Waals surface area contributed by atoms with Crippen molar-refractivity contribution in [2.75, 3.05) is 21.1 Å². The molecule has 130 valence electrons. The highest BCUT2D eigenvalue weighted by molar-refractivity contribution is 7.89. The molecule has 24 heavy (non-hydrogen) atoms. The van der Waals surface area contributed by atoms with E-state index in [2.05, 4.69) is 21.7 Å². The first-order valence-corrected chi connectivity index (χ1v) is 9.74. The quantitative estimate of drug-likeness (QED) is 0.605. The van der Waals surface area contributed by atoms with Crippen LogP contribution in [0.25, 0.3) is 0 Å². The Bertz CT molecular complexity index is 767. The molecule has 0 unspecified atom stereocenters. The van der Waals surface area contributed by atoms with Crippen LogP contribution < -0.4 is 10.6 Å². The normalized spacial score (nSPS) is 12.4. The minimum absolute atomic E-state index is 0.288. The van der Waals surface area contributed by atoms with Crippen molar-refractivity contribution in [2.24, 2.45) is 4.99 Å². The highest BCUT2D eigenvalue weighted by atomic mass is 32.2. The van der Waals surface area contributed by atoms with Crippen molar-refractivity contribution in [3.63, 3.8) is 0 Å². The second-order valence-electron chi connectivity index (χ2n) is 5.29. The van der Waals surface area contributed by atoms with Crippen LogP contribution in [-0.2, 0) is 23.1 Å². The van der Waals surface area contributed by atoms with Gasteiger partial charge in [0.2, 0.25) is 10.0 Å². The van der Waals surface area contributed by atoms with Gasteiger partial charge in [0.05, 0.1) is 11.4 Å². The molecule has 0 aliphatic heterocycles. The van der Waals surface area contributed by atoms with Crippen LogP contribution in [0.1, 0.15) is 10.4 Å². The summed E-state index contributed by atoms with van der Waals surface area (Å²) < 4.78 is 25.3. The Hall–Kier alpha value is -1.90. The molecule has 2 rings (SSSR count). The van der Waals surface area contributed by atoms with Gasteiger partial charge in [0.15, 0.2) is 5.96 Å². The summed E-state index contributed by atoms with van der Waals surface area (Å²) in [4.78, 5) is 5.70. The largest absolute Gasteiger partial charge is 0.352 e. The predicted octanol–water partition coefficient (Wildman–Crippen LogP) is 1.86. The molecule has 0 radical (unpaired) electrons. The van der Waals surface area contributed by atoms with Crippen LogP contribution in [0, 0.1) is 0 Å². The summed E-state index contributed by atoms with van der Waals surface area (Å²) in [5.74, 6) is 0.702. The van der Waals surface area contributed by atoms with E-state index in [4.69, 9.17) is 0 Å². The summed E-state index contributed by atoms with van der Waals surface area (Å²) in [7, 11) is 1.38. The minimum atomic E-state index is -3.39. The maximum absolute atomic E-state index is 12.0. The second-order valence-corrected chi connectivity index (χ2v) is 8.47. The van der Waals surface area contributed by atoms with Gasteiger partial charge in [-0.15, -0.1) is 11.3 Å². The monoisotopic (exact) mass is 366 g/mol. The third-order valence-corrected chi connectivity index (χ3v) is 6.10. The molecule has 0 spiro atoms. The SMILES string of the molecule is CN=C(NCc1ccc(S(=O)(=O)N(C)C)cc1)NCc1cccs1. The van der Waals surface area contributed by atoms with E-state index < -0.39 is 10.0 Å². The Morgan fingerprint density at radius 1 is 1.12 bits per heavy atom. The zero-order chi connectivity index (χ0) is 17.6. The van der Waals surface area contributed by atoms with Gasteiger partial charge in [0, 0.05) is 32.6 Å². The van der Waals surface area contributed by atoms with Gasteiger partial charge in [-0.05, 0) is 29.1 Å². The minimum Gasteiger partial charge on any atom is -0.352 e. The van der Waals surface area contributed by atoms with E-state index in [1.54, 1.807) is 42.6 Å². The number of thiophene rings is 1. The zero-order valence-corrected chi connectivity index (χ0v) is 15.6. The topological polar surface area (TPSA) is 73.8 Å². The molecule has 1 heterocycles. The lowest BCUT2D eigenvalue weighted by molar-refractivity contribution is 0.520. The Kier molecular flexibility index (Phi) is 6.36. The first-order chi connectivity index (χ1) is 11.4. The molecule has 0 fully saturated rings. The van der Waals surface area contributed by atoms with Crippen molar-refractivity contribution < 1.29 is 8.42 Å². The fourth-order valence-electron chi connectivity index (χ4n) is 1.98. The van der Waals surface area contributed by atoms with Crippen molar-refractivity contribution in [3.8, 4) is 0 Å². The number of rotatable bonds is 6. The lowest BCUT2D eigenvalue weighted by Gasteiger charge is -2.13. The van der Waals surface area contributed by atoms with E-state index in [1.807, 2.05) is 11.4 Å². The molecule has 2 aromatic rings. The van der Waals surface area contributed by atoms with Crippen molar-refractivity contribution in [2.45, 2.75) is 18.0 Å². The molecular formula is C16H22N4O2S2. The van der Waals surface area contributed by atoms with Crippen LogP contribution in [0.3, 0.4) is 0 Å². The first-order valence-electron chi connectivity index (χ1n) is 7.42. The fourth-order valence-corrected chi connectivity index (χ4v) is 3.53. The molecule has 0 saturated carbocycles. The average Bonchev–Trinajstić information content (AvgIpc) is 3.08. The summed E-state index contributed by atoms with van der Waals surface area (Å²) in [6.07, 6.45) is 0. The molecule has 0 atom stereocenters. The molecule has 6 nitrogen and oxygen atoms in total. The van der Waals surface area contributed by atoms with Crippen LogP contribution in [-0.4, -0.2) is 39.8 Å². The predicted molar refractivity (Wildman–Crippen MR) is 98.7 cm³/mol. The molecular weight excluding hydrogens is 344 g/mol. The van der Waals surface area contributed by atoms with Gasteiger partial charge in [0.25, 0.3) is 0 Å². The van der Waals surface area contributed by atoms with Gasteiger partial charge >= 0.3 is 0 Å². The van der Waals surface area contributed by atoms with E-state index in [9.17, 15) is 8.42 Å². The Balaban J connectivity index is 1.91. The molecule has 0 aliphatic rings. The van der Waals surface area contributed by atoms with E-state index in [0.717, 1.165) is 12.1 Å². The lowest BCUT2D eigenvalue weighted by Crippen LogP contribution is -2.36. The molecule has 2 N–H and O–H groups in total. The van der Waals surface area contributed by atoms with Crippen LogP contribution in [0.15, 0.2) is 51.7 Å². The molecule has 0 saturated heterocycles. The smallest absolute Gasteiger partial charge is 0.242 e. The number of aliphatic imine (C=N–C) groups is 1. The fraction of sp³-hybridized carbons (Fsp3) is 0.312. The van der Waals surface area contributed by atoms with Crippen LogP contribution in [0.2, 0.25) is 0 Å². The molecule has 0 amide bonds. The van der Waals surface area contributed by atoms with Gasteiger partial charge in [-0.3, -0.25) is 4.99 Å². The summed E-state index contributed by atoms with van der Waals surface area (Å²) in [6.45, 7) is 1.28. The zero-order valence-electron chi connectivity index (χ0n) is 14.0. The number of guanidine groups is 1. The van der Waals surface area contributed by atoms with Gasteiger partial charge in [-0.1, -0.05) is 18.2 Å². The third-order valence-electron chi connectivity index (χ3n) is 3.40. The number of nitrogens with one attached hydrogen (secondary N) is 2. The maximum Gasteiger partial charge on any atom is 0.242 e. The average molecular weight is 367 g/mol. The molecule has 1 aromatic heterocycles. The number of sulfonamides is 1. The van der Waals surface area contributed by atoms with Crippen molar-refractivity contribution in [1.29, 1.82) is 0 Å². The highest BCUT2D eigenvalue weighted by Gasteiger charge is 2.16. The number of hydrogen-bond donors (Lipinski definition) is 2. The summed E-state index contributed by atoms with van der Waals surface area (Å²) in [5, 5.41) is 8.49. The van der Waals surface area contributed by atoms with Gasteiger partial charge in [0.1, 0.15) is 0 Å². The van der Waals surface area contributed by atoms with Gasteiger partial charge in [-0.25, -0.2) is 12.7 Å². The Morgan fingerprint density at radius 3 is 2.33 bits per heavy atom. The molecule has 0 bridgehead atoms. The Morgan fingerprint density at radius 2 is 1.79 bits per heavy atom. The summed E-state index contributed by atoms with van der Waals surface area (Å²) in [5.41, 5.74) is 0.978. The van der Waals surface area contributed by atoms with Crippen LogP contribution in [0.5, 0.6) is 0 Å². The molecule has 8 heteroatoms. The lowest BCUT2D eigenvalue weighted by atomic mass is 10.2. The number of nitrogens with zero attached hydrogens (tertiary/aromatic N) is 2. The third kappa shape index (κ3) is 4.80. The molecule has 1 aromatic carbocycles. The Labute approximate surface area is 147 Å². The van der Waals surface area contributed by atoms with Crippen LogP contribution >= 0.6 is 11.3 Å². The second kappa shape index (κ2) is 8.27. The first kappa shape index (κ1) is 18.4. The van der Waals surface area contributed by atoms with E-state index in [-0.39, 0.29) is 4.90 Å². The van der Waals surface area contributed by atoms with E-state index >= 15 is 0 Å². The van der Waals surface area contributed by atoms with Gasteiger partial charge in [-0.2, -0.15) is 0 Å². The summed E-state index contributed by atoms with van der Waals surface area (Å²) >= 11 is 1.69. The number of benzene rings is 1. The maximum atomic E-state index is 12.0. The highest BCUT2D eigenvalue weighted by Crippen LogP contribution is 2.14. The van der Waals surface area contributed by atoms with E-state index in [1.165, 1.54) is 23.3 Å². The van der Waals surface area contributed by atoms with Crippen LogP contribution in [0.4, 0.5) is 0 Å². The number of hydrogen-bond acceptors (Lipinski definition) is 4. The van der Waals surface area contributed by atoms with Crippen molar-refractivity contribution in [3.05, 3.63) is 52.2 Å². The standard InChI is InChI=1S/C16H22N4O2S2/c1-17-16(19-12-14-5-4-10-23-14)18-11-13-6-8-15(9-7-13)24(21,22)20(2)3/h4-10H,11-12H2,1-3H3,(H2,17,18,19). The van der Waals surface area contributed by atoms with E-state index in [0.29, 0.717) is 12.5 Å². The van der Waals surface area contributed by atoms with Gasteiger partial charge < -0.3 is 10.6 Å². The van der Waals surface area contributed by atoms with Crippen molar-refractivity contribution >= 4 is 27.3 Å². The molecule has 0 aliphatic carbocycles.